The van der Waals surface area contributed by atoms with Gasteiger partial charge in [0.25, 0.3) is 0 Å². The molecule has 0 N–H and O–H groups in total. The Morgan fingerprint density at radius 1 is 1.33 bits per heavy atom. The minimum Gasteiger partial charge on any atom is -0.295 e. The standard InChI is InChI=1S/C14H19N/c1-4-10-15(3)12-13(2)11-14-8-6-5-7-9-14/h1,5-9,13H,10-12H2,2-3H3/t13-/m1/s1. The quantitative estimate of drug-likeness (QED) is 0.661. The third kappa shape index (κ3) is 4.67. The van der Waals surface area contributed by atoms with Gasteiger partial charge in [0.15, 0.2) is 0 Å². The zero-order chi connectivity index (χ0) is 11.1. The third-order valence-corrected chi connectivity index (χ3v) is 2.41. The van der Waals surface area contributed by atoms with E-state index in [4.69, 9.17) is 6.42 Å². The number of nitrogens with zero attached hydrogens (tertiary/aromatic N) is 1. The Hall–Kier alpha value is -1.26. The fourth-order valence-electron chi connectivity index (χ4n) is 1.83. The average Bonchev–Trinajstić information content (AvgIpc) is 2.19. The van der Waals surface area contributed by atoms with E-state index in [1.54, 1.807) is 0 Å². The van der Waals surface area contributed by atoms with Gasteiger partial charge in [-0.3, -0.25) is 4.90 Å². The van der Waals surface area contributed by atoms with E-state index < -0.39 is 0 Å². The second-order valence-electron chi connectivity index (χ2n) is 4.20. The maximum Gasteiger partial charge on any atom is 0.0596 e. The van der Waals surface area contributed by atoms with Crippen LogP contribution in [0.2, 0.25) is 0 Å². The van der Waals surface area contributed by atoms with E-state index in [1.807, 2.05) is 0 Å². The number of rotatable bonds is 5. The SMILES string of the molecule is C#CCN(C)C[C@H](C)Cc1ccccc1. The lowest BCUT2D eigenvalue weighted by atomic mass is 10.0. The van der Waals surface area contributed by atoms with E-state index >= 15 is 0 Å². The largest absolute Gasteiger partial charge is 0.295 e. The Morgan fingerprint density at radius 3 is 2.60 bits per heavy atom. The first-order chi connectivity index (χ1) is 7.22. The van der Waals surface area contributed by atoms with Gasteiger partial charge in [-0.1, -0.05) is 43.2 Å². The molecule has 80 valence electrons. The van der Waals surface area contributed by atoms with Crippen molar-refractivity contribution in [1.82, 2.24) is 4.90 Å². The molecule has 0 aromatic heterocycles. The summed E-state index contributed by atoms with van der Waals surface area (Å²) in [6.45, 7) is 4.05. The molecule has 0 aliphatic rings. The molecule has 0 spiro atoms. The molecule has 0 radical (unpaired) electrons. The van der Waals surface area contributed by atoms with Gasteiger partial charge in [0.1, 0.15) is 0 Å². The number of benzene rings is 1. The normalized spacial score (nSPS) is 12.4. The molecule has 0 aliphatic carbocycles. The van der Waals surface area contributed by atoms with Crippen LogP contribution in [-0.4, -0.2) is 25.0 Å². The molecule has 15 heavy (non-hydrogen) atoms. The van der Waals surface area contributed by atoms with Crippen LogP contribution in [0.15, 0.2) is 30.3 Å². The van der Waals surface area contributed by atoms with E-state index in [1.165, 1.54) is 5.56 Å². The van der Waals surface area contributed by atoms with Crippen molar-refractivity contribution in [3.8, 4) is 12.3 Å². The summed E-state index contributed by atoms with van der Waals surface area (Å²) in [6.07, 6.45) is 6.39. The molecule has 1 aromatic carbocycles. The van der Waals surface area contributed by atoms with Gasteiger partial charge in [-0.15, -0.1) is 6.42 Å². The molecule has 0 unspecified atom stereocenters. The maximum absolute atomic E-state index is 5.27. The van der Waals surface area contributed by atoms with Crippen LogP contribution in [0.5, 0.6) is 0 Å². The van der Waals surface area contributed by atoms with E-state index in [2.05, 4.69) is 55.1 Å². The molecule has 0 aliphatic heterocycles. The molecular formula is C14H19N. The predicted molar refractivity (Wildman–Crippen MR) is 65.6 cm³/mol. The highest BCUT2D eigenvalue weighted by Crippen LogP contribution is 2.08. The number of hydrogen-bond donors (Lipinski definition) is 0. The number of terminal acetylenes is 1. The van der Waals surface area contributed by atoms with Gasteiger partial charge in [-0.25, -0.2) is 0 Å². The van der Waals surface area contributed by atoms with Gasteiger partial charge >= 0.3 is 0 Å². The maximum atomic E-state index is 5.27. The summed E-state index contributed by atoms with van der Waals surface area (Å²) in [5.74, 6) is 3.31. The van der Waals surface area contributed by atoms with Crippen molar-refractivity contribution in [2.75, 3.05) is 20.1 Å². The van der Waals surface area contributed by atoms with E-state index in [9.17, 15) is 0 Å². The van der Waals surface area contributed by atoms with Crippen molar-refractivity contribution in [3.05, 3.63) is 35.9 Å². The fourth-order valence-corrected chi connectivity index (χ4v) is 1.83. The molecule has 1 atom stereocenters. The van der Waals surface area contributed by atoms with Gasteiger partial charge in [0.2, 0.25) is 0 Å². The molecule has 1 heteroatoms. The first kappa shape index (κ1) is 11.8. The lowest BCUT2D eigenvalue weighted by molar-refractivity contribution is 0.315. The summed E-state index contributed by atoms with van der Waals surface area (Å²) < 4.78 is 0. The lowest BCUT2D eigenvalue weighted by Gasteiger charge is -2.19. The average molecular weight is 201 g/mol. The van der Waals surface area contributed by atoms with E-state index in [0.717, 1.165) is 19.5 Å². The van der Waals surface area contributed by atoms with Crippen LogP contribution in [-0.2, 0) is 6.42 Å². The van der Waals surface area contributed by atoms with Crippen molar-refractivity contribution in [1.29, 1.82) is 0 Å². The molecule has 0 heterocycles. The van der Waals surface area contributed by atoms with Crippen LogP contribution in [0.1, 0.15) is 12.5 Å². The van der Waals surface area contributed by atoms with Crippen molar-refractivity contribution < 1.29 is 0 Å². The Bertz CT molecular complexity index is 310. The zero-order valence-corrected chi connectivity index (χ0v) is 9.61. The van der Waals surface area contributed by atoms with E-state index in [0.29, 0.717) is 5.92 Å². The predicted octanol–water partition coefficient (Wildman–Crippen LogP) is 2.43. The van der Waals surface area contributed by atoms with Crippen LogP contribution >= 0.6 is 0 Å². The molecule has 0 saturated carbocycles. The molecule has 0 fully saturated rings. The van der Waals surface area contributed by atoms with Gasteiger partial charge in [0.05, 0.1) is 6.54 Å². The summed E-state index contributed by atoms with van der Waals surface area (Å²) >= 11 is 0. The smallest absolute Gasteiger partial charge is 0.0596 e. The minimum absolute atomic E-state index is 0.644. The van der Waals surface area contributed by atoms with Gasteiger partial charge in [-0.2, -0.15) is 0 Å². The Balaban J connectivity index is 2.37. The minimum atomic E-state index is 0.644. The summed E-state index contributed by atoms with van der Waals surface area (Å²) in [6, 6.07) is 10.6. The summed E-state index contributed by atoms with van der Waals surface area (Å²) in [5.41, 5.74) is 1.40. The van der Waals surface area contributed by atoms with Crippen LogP contribution in [0, 0.1) is 18.3 Å². The van der Waals surface area contributed by atoms with Crippen LogP contribution in [0.4, 0.5) is 0 Å². The zero-order valence-electron chi connectivity index (χ0n) is 9.61. The Kier molecular flexibility index (Phi) is 4.93. The molecule has 1 aromatic rings. The third-order valence-electron chi connectivity index (χ3n) is 2.41. The first-order valence-electron chi connectivity index (χ1n) is 5.38. The van der Waals surface area contributed by atoms with Gasteiger partial charge < -0.3 is 0 Å². The van der Waals surface area contributed by atoms with Gasteiger partial charge in [-0.05, 0) is 24.9 Å². The van der Waals surface area contributed by atoms with Crippen LogP contribution < -0.4 is 0 Å². The second kappa shape index (κ2) is 6.27. The Labute approximate surface area is 93.1 Å². The molecule has 0 saturated heterocycles. The molecule has 1 rings (SSSR count). The number of hydrogen-bond acceptors (Lipinski definition) is 1. The van der Waals surface area contributed by atoms with Crippen molar-refractivity contribution in [3.63, 3.8) is 0 Å². The van der Waals surface area contributed by atoms with Crippen molar-refractivity contribution in [2.24, 2.45) is 5.92 Å². The highest BCUT2D eigenvalue weighted by atomic mass is 15.1. The summed E-state index contributed by atoms with van der Waals surface area (Å²) in [5, 5.41) is 0. The van der Waals surface area contributed by atoms with Crippen molar-refractivity contribution in [2.45, 2.75) is 13.3 Å². The van der Waals surface area contributed by atoms with Crippen molar-refractivity contribution >= 4 is 0 Å². The molecule has 0 bridgehead atoms. The lowest BCUT2D eigenvalue weighted by Crippen LogP contribution is -2.25. The first-order valence-corrected chi connectivity index (χ1v) is 5.38. The highest BCUT2D eigenvalue weighted by molar-refractivity contribution is 5.15. The van der Waals surface area contributed by atoms with Crippen LogP contribution in [0.3, 0.4) is 0 Å². The van der Waals surface area contributed by atoms with Crippen LogP contribution in [0.25, 0.3) is 0 Å². The molecule has 0 amide bonds. The molecule has 1 nitrogen and oxygen atoms in total. The molecular weight excluding hydrogens is 182 g/mol. The second-order valence-corrected chi connectivity index (χ2v) is 4.20. The fraction of sp³-hybridized carbons (Fsp3) is 0.429. The van der Waals surface area contributed by atoms with Gasteiger partial charge in [0, 0.05) is 6.54 Å². The monoisotopic (exact) mass is 201 g/mol. The summed E-state index contributed by atoms with van der Waals surface area (Å²) in [7, 11) is 2.07. The van der Waals surface area contributed by atoms with E-state index in [-0.39, 0.29) is 0 Å². The topological polar surface area (TPSA) is 3.24 Å². The highest BCUT2D eigenvalue weighted by Gasteiger charge is 2.06. The Morgan fingerprint density at radius 2 is 2.00 bits per heavy atom. The summed E-state index contributed by atoms with van der Waals surface area (Å²) in [4.78, 5) is 2.19.